The molecule has 0 N–H and O–H groups in total. The predicted molar refractivity (Wildman–Crippen MR) is 153 cm³/mol. The lowest BCUT2D eigenvalue weighted by Gasteiger charge is -2.24. The minimum absolute atomic E-state index is 0.0966. The first-order valence-electron chi connectivity index (χ1n) is 13.3. The second-order valence-corrected chi connectivity index (χ2v) is 10.4. The van der Waals surface area contributed by atoms with E-state index in [1.807, 2.05) is 6.07 Å². The van der Waals surface area contributed by atoms with E-state index in [-0.39, 0.29) is 31.1 Å². The third-order valence-corrected chi connectivity index (χ3v) is 7.77. The summed E-state index contributed by atoms with van der Waals surface area (Å²) >= 11 is 1.19. The number of carbonyl (C=O) groups is 2. The third kappa shape index (κ3) is 4.92. The Balaban J connectivity index is 1.42. The summed E-state index contributed by atoms with van der Waals surface area (Å²) in [6.45, 7) is 5.76. The Morgan fingerprint density at radius 3 is 2.62 bits per heavy atom. The van der Waals surface area contributed by atoms with Crippen molar-refractivity contribution in [2.45, 2.75) is 26.8 Å². The SMILES string of the molecule is CCOC(=O)C1=C(C)N=c2s/c(=C\c3ccc(-c4cccc(C(=O)OCC)c4)o3)c(=O)n2[C@@H]1c1ccc2c(c1)OCO2. The van der Waals surface area contributed by atoms with Crippen LogP contribution in [0.1, 0.15) is 48.5 Å². The predicted octanol–water partition coefficient (Wildman–Crippen LogP) is 3.96. The van der Waals surface area contributed by atoms with Crippen LogP contribution in [0.3, 0.4) is 0 Å². The molecule has 0 bridgehead atoms. The smallest absolute Gasteiger partial charge is 0.338 e. The molecule has 42 heavy (non-hydrogen) atoms. The molecule has 0 aliphatic carbocycles. The van der Waals surface area contributed by atoms with E-state index in [1.165, 1.54) is 15.9 Å². The first kappa shape index (κ1) is 27.3. The number of hydrogen-bond acceptors (Lipinski definition) is 10. The first-order valence-corrected chi connectivity index (χ1v) is 14.2. The van der Waals surface area contributed by atoms with Crippen molar-refractivity contribution in [2.24, 2.45) is 4.99 Å². The third-order valence-electron chi connectivity index (χ3n) is 6.79. The molecular weight excluding hydrogens is 560 g/mol. The van der Waals surface area contributed by atoms with Gasteiger partial charge in [-0.2, -0.15) is 0 Å². The topological polar surface area (TPSA) is 119 Å². The van der Waals surface area contributed by atoms with Crippen molar-refractivity contribution in [1.29, 1.82) is 0 Å². The second kappa shape index (κ2) is 11.2. The lowest BCUT2D eigenvalue weighted by molar-refractivity contribution is -0.139. The maximum absolute atomic E-state index is 13.9. The Kier molecular flexibility index (Phi) is 7.26. The fraction of sp³-hybridized carbons (Fsp3) is 0.226. The molecule has 2 aliphatic rings. The number of carbonyl (C=O) groups excluding carboxylic acids is 2. The molecule has 6 rings (SSSR count). The quantitative estimate of drug-likeness (QED) is 0.299. The number of esters is 2. The molecule has 0 radical (unpaired) electrons. The summed E-state index contributed by atoms with van der Waals surface area (Å²) in [5, 5.41) is 0. The van der Waals surface area contributed by atoms with Crippen LogP contribution in [0.25, 0.3) is 17.4 Å². The normalized spacial score (nSPS) is 15.8. The molecule has 1 atom stereocenters. The summed E-state index contributed by atoms with van der Waals surface area (Å²) in [7, 11) is 0. The molecule has 4 aromatic rings. The maximum atomic E-state index is 13.9. The zero-order chi connectivity index (χ0) is 29.4. The van der Waals surface area contributed by atoms with E-state index in [0.717, 1.165) is 0 Å². The molecule has 0 amide bonds. The van der Waals surface area contributed by atoms with E-state index in [2.05, 4.69) is 4.99 Å². The molecule has 4 heterocycles. The monoisotopic (exact) mass is 586 g/mol. The first-order chi connectivity index (χ1) is 20.4. The minimum Gasteiger partial charge on any atom is -0.463 e. The number of fused-ring (bicyclic) bond motifs is 2. The molecule has 0 unspecified atom stereocenters. The van der Waals surface area contributed by atoms with Gasteiger partial charge in [0.05, 0.1) is 40.6 Å². The molecule has 2 aromatic heterocycles. The van der Waals surface area contributed by atoms with Crippen LogP contribution in [0.4, 0.5) is 0 Å². The summed E-state index contributed by atoms with van der Waals surface area (Å²) in [6.07, 6.45) is 1.64. The van der Waals surface area contributed by atoms with E-state index in [0.29, 0.717) is 54.7 Å². The molecule has 11 heteroatoms. The fourth-order valence-electron chi connectivity index (χ4n) is 4.92. The van der Waals surface area contributed by atoms with Gasteiger partial charge in [-0.1, -0.05) is 29.5 Å². The van der Waals surface area contributed by atoms with Crippen molar-refractivity contribution in [2.75, 3.05) is 20.0 Å². The van der Waals surface area contributed by atoms with Crippen molar-refractivity contribution in [3.63, 3.8) is 0 Å². The molecule has 0 saturated carbocycles. The van der Waals surface area contributed by atoms with Crippen LogP contribution in [0, 0.1) is 0 Å². The van der Waals surface area contributed by atoms with E-state index >= 15 is 0 Å². The standard InChI is InChI=1S/C31H26N2O8S/c1-4-37-29(35)20-8-6-7-18(13-20)22-12-10-21(41-22)15-25-28(34)33-27(19-9-11-23-24(14-19)40-16-39-23)26(30(36)38-5-2)17(3)32-31(33)42-25/h6-15,27H,4-5,16H2,1-3H3/b25-15-/t27-/m1/s1. The summed E-state index contributed by atoms with van der Waals surface area (Å²) < 4.78 is 29.4. The molecule has 10 nitrogen and oxygen atoms in total. The Morgan fingerprint density at radius 2 is 1.81 bits per heavy atom. The highest BCUT2D eigenvalue weighted by Gasteiger charge is 2.34. The zero-order valence-corrected chi connectivity index (χ0v) is 23.9. The van der Waals surface area contributed by atoms with Crippen LogP contribution in [0.2, 0.25) is 0 Å². The number of allylic oxidation sites excluding steroid dienone is 1. The Hall–Kier alpha value is -4.90. The van der Waals surface area contributed by atoms with Gasteiger partial charge in [0.2, 0.25) is 6.79 Å². The zero-order valence-electron chi connectivity index (χ0n) is 23.0. The summed E-state index contributed by atoms with van der Waals surface area (Å²) in [4.78, 5) is 44.2. The summed E-state index contributed by atoms with van der Waals surface area (Å²) in [6, 6.07) is 15.0. The van der Waals surface area contributed by atoms with Crippen molar-refractivity contribution in [3.8, 4) is 22.8 Å². The van der Waals surface area contributed by atoms with E-state index in [1.54, 1.807) is 75.4 Å². The highest BCUT2D eigenvalue weighted by atomic mass is 32.1. The number of furan rings is 1. The van der Waals surface area contributed by atoms with Crippen LogP contribution in [0.5, 0.6) is 11.5 Å². The highest BCUT2D eigenvalue weighted by Crippen LogP contribution is 2.38. The van der Waals surface area contributed by atoms with Gasteiger partial charge in [0.15, 0.2) is 16.3 Å². The van der Waals surface area contributed by atoms with Crippen molar-refractivity contribution >= 4 is 29.4 Å². The number of ether oxygens (including phenoxy) is 4. The molecular formula is C31H26N2O8S. The Labute approximate surface area is 243 Å². The number of nitrogens with zero attached hydrogens (tertiary/aromatic N) is 2. The summed E-state index contributed by atoms with van der Waals surface area (Å²) in [5.41, 5.74) is 2.17. The van der Waals surface area contributed by atoms with Crippen molar-refractivity contribution in [3.05, 3.63) is 102 Å². The number of aromatic nitrogens is 1. The van der Waals surface area contributed by atoms with Gasteiger partial charge in [-0.15, -0.1) is 0 Å². The van der Waals surface area contributed by atoms with E-state index in [4.69, 9.17) is 23.4 Å². The fourth-order valence-corrected chi connectivity index (χ4v) is 5.95. The van der Waals surface area contributed by atoms with Gasteiger partial charge >= 0.3 is 11.9 Å². The second-order valence-electron chi connectivity index (χ2n) is 9.42. The highest BCUT2D eigenvalue weighted by molar-refractivity contribution is 7.07. The van der Waals surface area contributed by atoms with Gasteiger partial charge in [-0.3, -0.25) is 9.36 Å². The van der Waals surface area contributed by atoms with E-state index in [9.17, 15) is 14.4 Å². The van der Waals surface area contributed by atoms with Crippen LogP contribution in [-0.2, 0) is 14.3 Å². The van der Waals surface area contributed by atoms with Crippen LogP contribution in [-0.4, -0.2) is 36.5 Å². The lowest BCUT2D eigenvalue weighted by atomic mass is 9.95. The average Bonchev–Trinajstić information content (AvgIpc) is 3.72. The lowest BCUT2D eigenvalue weighted by Crippen LogP contribution is -2.39. The van der Waals surface area contributed by atoms with Crippen molar-refractivity contribution in [1.82, 2.24) is 4.57 Å². The summed E-state index contributed by atoms with van der Waals surface area (Å²) in [5.74, 6) is 1.13. The molecule has 0 saturated heterocycles. The van der Waals surface area contributed by atoms with Gasteiger partial charge < -0.3 is 23.4 Å². The van der Waals surface area contributed by atoms with E-state index < -0.39 is 18.0 Å². The van der Waals surface area contributed by atoms with Gasteiger partial charge in [0, 0.05) is 11.6 Å². The number of thiazole rings is 1. The largest absolute Gasteiger partial charge is 0.463 e. The van der Waals surface area contributed by atoms with Crippen LogP contribution in [0.15, 0.2) is 80.1 Å². The molecule has 0 fully saturated rings. The average molecular weight is 587 g/mol. The molecule has 0 spiro atoms. The molecule has 214 valence electrons. The Morgan fingerprint density at radius 1 is 1.02 bits per heavy atom. The van der Waals surface area contributed by atoms with Gasteiger partial charge in [0.25, 0.3) is 5.56 Å². The Bertz CT molecular complexity index is 1930. The molecule has 2 aromatic carbocycles. The molecule has 2 aliphatic heterocycles. The van der Waals surface area contributed by atoms with Gasteiger partial charge in [-0.25, -0.2) is 14.6 Å². The van der Waals surface area contributed by atoms with Crippen LogP contribution >= 0.6 is 11.3 Å². The van der Waals surface area contributed by atoms with Gasteiger partial charge in [-0.05, 0) is 62.7 Å². The van der Waals surface area contributed by atoms with Crippen molar-refractivity contribution < 1.29 is 33.0 Å². The maximum Gasteiger partial charge on any atom is 0.338 e. The number of rotatable bonds is 7. The van der Waals surface area contributed by atoms with Crippen LogP contribution < -0.4 is 24.4 Å². The number of benzene rings is 2. The minimum atomic E-state index is -0.783. The number of hydrogen-bond donors (Lipinski definition) is 0. The van der Waals surface area contributed by atoms with Gasteiger partial charge in [0.1, 0.15) is 11.5 Å².